The molecule has 0 aromatic heterocycles. The number of hydrogen-bond donors (Lipinski definition) is 0. The van der Waals surface area contributed by atoms with Crippen LogP contribution in [0.5, 0.6) is 5.75 Å². The van der Waals surface area contributed by atoms with Crippen molar-refractivity contribution in [3.63, 3.8) is 0 Å². The van der Waals surface area contributed by atoms with Gasteiger partial charge >= 0.3 is 0 Å². The summed E-state index contributed by atoms with van der Waals surface area (Å²) in [6.45, 7) is 6.43. The van der Waals surface area contributed by atoms with E-state index in [4.69, 9.17) is 4.74 Å². The van der Waals surface area contributed by atoms with E-state index in [0.717, 1.165) is 12.2 Å². The number of fused-ring (bicyclic) bond motifs is 1. The molecule has 0 amide bonds. The van der Waals surface area contributed by atoms with Crippen molar-refractivity contribution in [3.8, 4) is 5.75 Å². The highest BCUT2D eigenvalue weighted by molar-refractivity contribution is 5.46. The van der Waals surface area contributed by atoms with Gasteiger partial charge in [-0.2, -0.15) is 0 Å². The van der Waals surface area contributed by atoms with Gasteiger partial charge in [0.05, 0.1) is 6.10 Å². The Kier molecular flexibility index (Phi) is 2.03. The SMILES string of the molecule is Cc1ccc(C)c2c1CCC(C)O2. The Bertz CT molecular complexity index is 328. The van der Waals surface area contributed by atoms with Gasteiger partial charge in [-0.1, -0.05) is 12.1 Å². The third-order valence-corrected chi connectivity index (χ3v) is 2.81. The molecule has 0 spiro atoms. The molecule has 0 fully saturated rings. The molecule has 0 saturated carbocycles. The van der Waals surface area contributed by atoms with E-state index >= 15 is 0 Å². The molecule has 1 aromatic rings. The predicted molar refractivity (Wildman–Crippen MR) is 54.3 cm³/mol. The number of aryl methyl sites for hydroxylation is 2. The summed E-state index contributed by atoms with van der Waals surface area (Å²) in [4.78, 5) is 0. The maximum Gasteiger partial charge on any atom is 0.126 e. The van der Waals surface area contributed by atoms with Crippen LogP contribution >= 0.6 is 0 Å². The molecule has 1 aliphatic rings. The van der Waals surface area contributed by atoms with Gasteiger partial charge in [0.25, 0.3) is 0 Å². The van der Waals surface area contributed by atoms with Gasteiger partial charge in [-0.05, 0) is 50.3 Å². The molecule has 1 aromatic carbocycles. The van der Waals surface area contributed by atoms with E-state index < -0.39 is 0 Å². The molecule has 1 heteroatoms. The van der Waals surface area contributed by atoms with E-state index in [1.807, 2.05) is 0 Å². The molecule has 0 aliphatic carbocycles. The van der Waals surface area contributed by atoms with Crippen LogP contribution in [0.2, 0.25) is 0 Å². The van der Waals surface area contributed by atoms with Crippen molar-refractivity contribution in [2.24, 2.45) is 0 Å². The molecule has 1 atom stereocenters. The Morgan fingerprint density at radius 1 is 1.23 bits per heavy atom. The normalized spacial score (nSPS) is 20.7. The van der Waals surface area contributed by atoms with Crippen LogP contribution in [0.25, 0.3) is 0 Å². The molecule has 0 radical (unpaired) electrons. The van der Waals surface area contributed by atoms with Crippen LogP contribution in [0, 0.1) is 13.8 Å². The Morgan fingerprint density at radius 2 is 1.92 bits per heavy atom. The van der Waals surface area contributed by atoms with Gasteiger partial charge in [-0.3, -0.25) is 0 Å². The Hall–Kier alpha value is -0.980. The molecule has 70 valence electrons. The number of benzene rings is 1. The smallest absolute Gasteiger partial charge is 0.126 e. The summed E-state index contributed by atoms with van der Waals surface area (Å²) in [5, 5.41) is 0. The summed E-state index contributed by atoms with van der Waals surface area (Å²) in [7, 11) is 0. The molecule has 2 rings (SSSR count). The van der Waals surface area contributed by atoms with Crippen LogP contribution in [0.3, 0.4) is 0 Å². The van der Waals surface area contributed by atoms with Crippen LogP contribution in [-0.2, 0) is 6.42 Å². The highest BCUT2D eigenvalue weighted by atomic mass is 16.5. The van der Waals surface area contributed by atoms with Gasteiger partial charge < -0.3 is 4.74 Å². The molecule has 0 bridgehead atoms. The second-order valence-corrected chi connectivity index (χ2v) is 3.97. The van der Waals surface area contributed by atoms with Gasteiger partial charge in [0.2, 0.25) is 0 Å². The first-order chi connectivity index (χ1) is 6.18. The fraction of sp³-hybridized carbons (Fsp3) is 0.500. The minimum absolute atomic E-state index is 0.382. The summed E-state index contributed by atoms with van der Waals surface area (Å²) in [5.41, 5.74) is 4.05. The van der Waals surface area contributed by atoms with Crippen LogP contribution in [0.15, 0.2) is 12.1 Å². The summed E-state index contributed by atoms with van der Waals surface area (Å²) in [6.07, 6.45) is 2.70. The highest BCUT2D eigenvalue weighted by Gasteiger charge is 2.18. The summed E-state index contributed by atoms with van der Waals surface area (Å²) in [5.74, 6) is 1.14. The van der Waals surface area contributed by atoms with Gasteiger partial charge in [0, 0.05) is 0 Å². The topological polar surface area (TPSA) is 9.23 Å². The van der Waals surface area contributed by atoms with Crippen molar-refractivity contribution in [2.45, 2.75) is 39.7 Å². The summed E-state index contributed by atoms with van der Waals surface area (Å²) in [6, 6.07) is 4.33. The highest BCUT2D eigenvalue weighted by Crippen LogP contribution is 2.32. The minimum Gasteiger partial charge on any atom is -0.490 e. The molecule has 1 nitrogen and oxygen atoms in total. The predicted octanol–water partition coefficient (Wildman–Crippen LogP) is 3.02. The monoisotopic (exact) mass is 176 g/mol. The molecular weight excluding hydrogens is 160 g/mol. The lowest BCUT2D eigenvalue weighted by Crippen LogP contribution is -2.20. The molecule has 0 saturated heterocycles. The first-order valence-electron chi connectivity index (χ1n) is 4.94. The largest absolute Gasteiger partial charge is 0.490 e. The molecule has 1 unspecified atom stereocenters. The van der Waals surface area contributed by atoms with Crippen LogP contribution in [0.4, 0.5) is 0 Å². The maximum absolute atomic E-state index is 5.84. The lowest BCUT2D eigenvalue weighted by Gasteiger charge is -2.26. The van der Waals surface area contributed by atoms with Gasteiger partial charge in [0.1, 0.15) is 5.75 Å². The average molecular weight is 176 g/mol. The Labute approximate surface area is 79.7 Å². The van der Waals surface area contributed by atoms with E-state index in [1.54, 1.807) is 0 Å². The van der Waals surface area contributed by atoms with Crippen molar-refractivity contribution >= 4 is 0 Å². The zero-order valence-corrected chi connectivity index (χ0v) is 8.55. The third-order valence-electron chi connectivity index (χ3n) is 2.81. The first-order valence-corrected chi connectivity index (χ1v) is 4.94. The van der Waals surface area contributed by atoms with Crippen LogP contribution in [0.1, 0.15) is 30.0 Å². The third kappa shape index (κ3) is 1.43. The van der Waals surface area contributed by atoms with E-state index in [2.05, 4.69) is 32.9 Å². The molecule has 1 heterocycles. The standard InChI is InChI=1S/C12H16O/c1-8-4-5-9(2)12-11(8)7-6-10(3)13-12/h4-5,10H,6-7H2,1-3H3. The second-order valence-electron chi connectivity index (χ2n) is 3.97. The van der Waals surface area contributed by atoms with Gasteiger partial charge in [0.15, 0.2) is 0 Å². The first kappa shape index (κ1) is 8.61. The molecule has 1 aliphatic heterocycles. The van der Waals surface area contributed by atoms with E-state index in [-0.39, 0.29) is 0 Å². The number of rotatable bonds is 0. The molecular formula is C12H16O. The number of hydrogen-bond acceptors (Lipinski definition) is 1. The lowest BCUT2D eigenvalue weighted by molar-refractivity contribution is 0.190. The van der Waals surface area contributed by atoms with Gasteiger partial charge in [-0.15, -0.1) is 0 Å². The van der Waals surface area contributed by atoms with Crippen molar-refractivity contribution in [1.29, 1.82) is 0 Å². The van der Waals surface area contributed by atoms with Crippen LogP contribution in [-0.4, -0.2) is 6.10 Å². The van der Waals surface area contributed by atoms with Crippen molar-refractivity contribution in [1.82, 2.24) is 0 Å². The lowest BCUT2D eigenvalue weighted by atomic mass is 9.96. The fourth-order valence-corrected chi connectivity index (χ4v) is 1.93. The average Bonchev–Trinajstić information content (AvgIpc) is 2.12. The molecule has 0 N–H and O–H groups in total. The Balaban J connectivity index is 2.51. The fourth-order valence-electron chi connectivity index (χ4n) is 1.93. The van der Waals surface area contributed by atoms with Gasteiger partial charge in [-0.25, -0.2) is 0 Å². The molecule has 13 heavy (non-hydrogen) atoms. The van der Waals surface area contributed by atoms with Crippen molar-refractivity contribution in [3.05, 3.63) is 28.8 Å². The summed E-state index contributed by atoms with van der Waals surface area (Å²) >= 11 is 0. The van der Waals surface area contributed by atoms with E-state index in [1.165, 1.54) is 23.1 Å². The quantitative estimate of drug-likeness (QED) is 0.590. The van der Waals surface area contributed by atoms with Crippen LogP contribution < -0.4 is 4.74 Å². The zero-order chi connectivity index (χ0) is 9.42. The number of ether oxygens (including phenoxy) is 1. The van der Waals surface area contributed by atoms with E-state index in [9.17, 15) is 0 Å². The van der Waals surface area contributed by atoms with Crippen molar-refractivity contribution in [2.75, 3.05) is 0 Å². The zero-order valence-electron chi connectivity index (χ0n) is 8.55. The minimum atomic E-state index is 0.382. The summed E-state index contributed by atoms with van der Waals surface area (Å²) < 4.78 is 5.84. The Morgan fingerprint density at radius 3 is 2.69 bits per heavy atom. The second kappa shape index (κ2) is 3.06. The maximum atomic E-state index is 5.84. The van der Waals surface area contributed by atoms with Crippen molar-refractivity contribution < 1.29 is 4.74 Å². The van der Waals surface area contributed by atoms with E-state index in [0.29, 0.717) is 6.10 Å².